The van der Waals surface area contributed by atoms with Crippen LogP contribution in [0.3, 0.4) is 0 Å². The predicted octanol–water partition coefficient (Wildman–Crippen LogP) is 1.16. The van der Waals surface area contributed by atoms with Crippen LogP contribution in [0.25, 0.3) is 10.9 Å². The number of hydrogen-bond donors (Lipinski definition) is 2. The maximum Gasteiger partial charge on any atom is 0.342 e. The smallest absolute Gasteiger partial charge is 0.342 e. The first-order chi connectivity index (χ1) is 14.8. The molecule has 1 aliphatic heterocycles. The van der Waals surface area contributed by atoms with E-state index in [-0.39, 0.29) is 36.3 Å². The highest BCUT2D eigenvalue weighted by Gasteiger charge is 2.54. The number of nitrogens with two attached hydrogens (primary N) is 1. The molecule has 0 bridgehead atoms. The summed E-state index contributed by atoms with van der Waals surface area (Å²) in [5.74, 6) is -2.27. The van der Waals surface area contributed by atoms with Crippen LogP contribution in [0.2, 0.25) is 0 Å². The Balaban J connectivity index is 1.87. The number of hydrogen-bond acceptors (Lipinski definition) is 7. The van der Waals surface area contributed by atoms with Gasteiger partial charge in [0, 0.05) is 12.1 Å². The molecule has 31 heavy (non-hydrogen) atoms. The van der Waals surface area contributed by atoms with Crippen LogP contribution in [-0.2, 0) is 31.3 Å². The van der Waals surface area contributed by atoms with Crippen LogP contribution in [-0.4, -0.2) is 27.3 Å². The van der Waals surface area contributed by atoms with Crippen LogP contribution in [0.5, 0.6) is 0 Å². The van der Waals surface area contributed by atoms with E-state index in [2.05, 4.69) is 10.3 Å². The molecule has 2 heterocycles. The minimum Gasteiger partial charge on any atom is -0.459 e. The molecular weight excluding hydrogens is 400 g/mol. The van der Waals surface area contributed by atoms with Gasteiger partial charge in [0.1, 0.15) is 12.4 Å². The first-order valence-corrected chi connectivity index (χ1v) is 9.68. The number of amides is 2. The summed E-state index contributed by atoms with van der Waals surface area (Å²) >= 11 is 0. The van der Waals surface area contributed by atoms with E-state index in [0.717, 1.165) is 4.57 Å². The maximum atomic E-state index is 13.5. The molecule has 0 unspecified atom stereocenters. The molecular formula is C22H20N4O5. The van der Waals surface area contributed by atoms with Crippen molar-refractivity contribution in [2.45, 2.75) is 31.9 Å². The summed E-state index contributed by atoms with van der Waals surface area (Å²) in [6.07, 6.45) is -0.369. The van der Waals surface area contributed by atoms with Crippen LogP contribution < -0.4 is 16.6 Å². The van der Waals surface area contributed by atoms with Crippen molar-refractivity contribution < 1.29 is 19.1 Å². The lowest BCUT2D eigenvalue weighted by atomic mass is 9.87. The molecule has 2 amide bonds. The number of aryl methyl sites for hydroxylation is 1. The van der Waals surface area contributed by atoms with Crippen molar-refractivity contribution in [1.82, 2.24) is 14.9 Å². The van der Waals surface area contributed by atoms with Crippen LogP contribution in [0, 0.1) is 6.92 Å². The van der Waals surface area contributed by atoms with Gasteiger partial charge in [-0.2, -0.15) is 0 Å². The van der Waals surface area contributed by atoms with Crippen molar-refractivity contribution in [3.8, 4) is 0 Å². The molecule has 3 aromatic rings. The van der Waals surface area contributed by atoms with E-state index in [1.54, 1.807) is 36.4 Å². The Morgan fingerprint density at radius 3 is 2.61 bits per heavy atom. The summed E-state index contributed by atoms with van der Waals surface area (Å²) in [5, 5.41) is 2.26. The predicted molar refractivity (Wildman–Crippen MR) is 112 cm³/mol. The first kappa shape index (κ1) is 20.3. The Morgan fingerprint density at radius 2 is 1.90 bits per heavy atom. The standard InChI is InChI=1S/C22H20N4O5/c1-13-24-16-9-5-8-15(23)18(16)19(28)26(13)22(11-10-17(27)25-20(22)29)21(30)31-12-14-6-3-2-4-7-14/h2-9H,10-12,23H2,1H3,(H,25,27,29)/t22-/m0/s1. The molecule has 4 rings (SSSR count). The lowest BCUT2D eigenvalue weighted by Crippen LogP contribution is -2.62. The van der Waals surface area contributed by atoms with Gasteiger partial charge in [0.25, 0.3) is 11.5 Å². The number of esters is 1. The molecule has 9 nitrogen and oxygen atoms in total. The zero-order valence-corrected chi connectivity index (χ0v) is 16.8. The van der Waals surface area contributed by atoms with Crippen LogP contribution >= 0.6 is 0 Å². The number of rotatable bonds is 4. The minimum absolute atomic E-state index is 0.0908. The minimum atomic E-state index is -2.08. The Bertz CT molecular complexity index is 1270. The highest BCUT2D eigenvalue weighted by Crippen LogP contribution is 2.30. The molecule has 158 valence electrons. The molecule has 1 fully saturated rings. The SMILES string of the molecule is Cc1nc2cccc(N)c2c(=O)n1[C@@]1(C(=O)OCc2ccccc2)CCC(=O)NC1=O. The van der Waals surface area contributed by atoms with Crippen molar-refractivity contribution in [2.75, 3.05) is 5.73 Å². The molecule has 1 saturated heterocycles. The highest BCUT2D eigenvalue weighted by atomic mass is 16.5. The van der Waals surface area contributed by atoms with Crippen molar-refractivity contribution in [2.24, 2.45) is 0 Å². The highest BCUT2D eigenvalue weighted by molar-refractivity contribution is 6.13. The van der Waals surface area contributed by atoms with E-state index in [1.165, 1.54) is 13.0 Å². The number of fused-ring (bicyclic) bond motifs is 1. The second-order valence-corrected chi connectivity index (χ2v) is 7.34. The van der Waals surface area contributed by atoms with E-state index in [1.807, 2.05) is 6.07 Å². The third-order valence-electron chi connectivity index (χ3n) is 5.37. The molecule has 1 atom stereocenters. The molecule has 0 saturated carbocycles. The van der Waals surface area contributed by atoms with E-state index in [9.17, 15) is 19.2 Å². The van der Waals surface area contributed by atoms with Crippen molar-refractivity contribution in [1.29, 1.82) is 0 Å². The fraction of sp³-hybridized carbons (Fsp3) is 0.227. The fourth-order valence-corrected chi connectivity index (χ4v) is 3.86. The zero-order valence-electron chi connectivity index (χ0n) is 16.8. The number of nitrogens with one attached hydrogen (secondary N) is 1. The van der Waals surface area contributed by atoms with E-state index in [0.29, 0.717) is 11.1 Å². The van der Waals surface area contributed by atoms with Gasteiger partial charge < -0.3 is 10.5 Å². The van der Waals surface area contributed by atoms with E-state index >= 15 is 0 Å². The number of carbonyl (C=O) groups excluding carboxylic acids is 3. The number of benzene rings is 2. The molecule has 1 aliphatic rings. The van der Waals surface area contributed by atoms with Gasteiger partial charge in [-0.1, -0.05) is 36.4 Å². The molecule has 0 spiro atoms. The largest absolute Gasteiger partial charge is 0.459 e. The number of ether oxygens (including phenoxy) is 1. The third kappa shape index (κ3) is 3.33. The van der Waals surface area contributed by atoms with Crippen LogP contribution in [0.1, 0.15) is 24.2 Å². The summed E-state index contributed by atoms with van der Waals surface area (Å²) in [6, 6.07) is 13.7. The number of nitrogens with zero attached hydrogens (tertiary/aromatic N) is 2. The van der Waals surface area contributed by atoms with Gasteiger partial charge in [0.05, 0.1) is 10.9 Å². The number of carbonyl (C=O) groups is 3. The number of imide groups is 1. The van der Waals surface area contributed by atoms with Crippen molar-refractivity contribution in [3.05, 3.63) is 70.3 Å². The summed E-state index contributed by atoms with van der Waals surface area (Å²) in [5.41, 5.74) is 4.49. The Hall–Kier alpha value is -4.01. The summed E-state index contributed by atoms with van der Waals surface area (Å²) in [6.45, 7) is 1.42. The summed E-state index contributed by atoms with van der Waals surface area (Å²) in [7, 11) is 0. The molecule has 2 aromatic carbocycles. The van der Waals surface area contributed by atoms with Gasteiger partial charge in [-0.15, -0.1) is 0 Å². The van der Waals surface area contributed by atoms with Crippen LogP contribution in [0.15, 0.2) is 53.3 Å². The monoisotopic (exact) mass is 420 g/mol. The van der Waals surface area contributed by atoms with Gasteiger partial charge in [0.15, 0.2) is 0 Å². The Kier molecular flexibility index (Phi) is 5.02. The quantitative estimate of drug-likeness (QED) is 0.280. The first-order valence-electron chi connectivity index (χ1n) is 9.68. The Morgan fingerprint density at radius 1 is 1.16 bits per heavy atom. The second kappa shape index (κ2) is 7.67. The van der Waals surface area contributed by atoms with E-state index in [4.69, 9.17) is 10.5 Å². The van der Waals surface area contributed by atoms with Gasteiger partial charge in [-0.25, -0.2) is 9.78 Å². The normalized spacial score (nSPS) is 18.6. The molecule has 1 aromatic heterocycles. The van der Waals surface area contributed by atoms with E-state index < -0.39 is 28.9 Å². The molecule has 0 aliphatic carbocycles. The van der Waals surface area contributed by atoms with Gasteiger partial charge in [-0.3, -0.25) is 24.3 Å². The lowest BCUT2D eigenvalue weighted by Gasteiger charge is -2.35. The molecule has 9 heteroatoms. The Labute approximate surface area is 176 Å². The molecule has 0 radical (unpaired) electrons. The average molecular weight is 420 g/mol. The average Bonchev–Trinajstić information content (AvgIpc) is 2.74. The van der Waals surface area contributed by atoms with Gasteiger partial charge in [0.2, 0.25) is 11.4 Å². The third-order valence-corrected chi connectivity index (χ3v) is 5.37. The van der Waals surface area contributed by atoms with Gasteiger partial charge >= 0.3 is 5.97 Å². The summed E-state index contributed by atoms with van der Waals surface area (Å²) < 4.78 is 6.45. The van der Waals surface area contributed by atoms with Crippen molar-refractivity contribution in [3.63, 3.8) is 0 Å². The number of aromatic nitrogens is 2. The second-order valence-electron chi connectivity index (χ2n) is 7.34. The number of anilines is 1. The summed E-state index contributed by atoms with van der Waals surface area (Å²) in [4.78, 5) is 56.0. The zero-order chi connectivity index (χ0) is 22.2. The number of nitrogen functional groups attached to an aromatic ring is 1. The topological polar surface area (TPSA) is 133 Å². The number of piperidine rings is 1. The van der Waals surface area contributed by atoms with Gasteiger partial charge in [-0.05, 0) is 31.0 Å². The fourth-order valence-electron chi connectivity index (χ4n) is 3.86. The molecule has 3 N–H and O–H groups in total. The van der Waals surface area contributed by atoms with Crippen LogP contribution in [0.4, 0.5) is 5.69 Å². The lowest BCUT2D eigenvalue weighted by molar-refractivity contribution is -0.164. The maximum absolute atomic E-state index is 13.5. The van der Waals surface area contributed by atoms with Crippen molar-refractivity contribution >= 4 is 34.4 Å².